The van der Waals surface area contributed by atoms with E-state index >= 15 is 0 Å². The van der Waals surface area contributed by atoms with Crippen LogP contribution in [0.4, 0.5) is 5.69 Å². The van der Waals surface area contributed by atoms with Gasteiger partial charge < -0.3 is 5.32 Å². The first-order chi connectivity index (χ1) is 10.9. The minimum absolute atomic E-state index is 0.168. The van der Waals surface area contributed by atoms with Crippen LogP contribution in [0.15, 0.2) is 28.2 Å². The molecule has 0 bridgehead atoms. The molecule has 0 fully saturated rings. The van der Waals surface area contributed by atoms with Crippen molar-refractivity contribution in [1.82, 2.24) is 14.8 Å². The van der Waals surface area contributed by atoms with E-state index in [-0.39, 0.29) is 11.6 Å². The fourth-order valence-corrected chi connectivity index (χ4v) is 3.04. The molecule has 1 aromatic heterocycles. The van der Waals surface area contributed by atoms with E-state index in [0.29, 0.717) is 22.4 Å². The number of carbonyl (C=O) groups is 1. The minimum Gasteiger partial charge on any atom is -0.325 e. The third-order valence-corrected chi connectivity index (χ3v) is 4.60. The lowest BCUT2D eigenvalue weighted by atomic mass is 10.2. The normalized spacial score (nSPS) is 12.2. The topological polar surface area (TPSA) is 79.8 Å². The molecular weight excluding hydrogens is 336 g/mol. The van der Waals surface area contributed by atoms with Crippen molar-refractivity contribution in [2.24, 2.45) is 0 Å². The van der Waals surface area contributed by atoms with E-state index in [4.69, 9.17) is 11.6 Å². The van der Waals surface area contributed by atoms with Crippen molar-refractivity contribution in [3.05, 3.63) is 39.3 Å². The van der Waals surface area contributed by atoms with Crippen molar-refractivity contribution in [2.75, 3.05) is 5.32 Å². The molecule has 124 valence electrons. The van der Waals surface area contributed by atoms with Gasteiger partial charge in [0.25, 0.3) is 0 Å². The Kier molecular flexibility index (Phi) is 5.90. The fourth-order valence-electron chi connectivity index (χ4n) is 1.99. The highest BCUT2D eigenvalue weighted by Gasteiger charge is 2.19. The van der Waals surface area contributed by atoms with Crippen LogP contribution in [0.2, 0.25) is 5.02 Å². The van der Waals surface area contributed by atoms with Crippen molar-refractivity contribution >= 4 is 35.0 Å². The van der Waals surface area contributed by atoms with Gasteiger partial charge in [0.05, 0.1) is 5.25 Å². The lowest BCUT2D eigenvalue weighted by Gasteiger charge is -2.13. The van der Waals surface area contributed by atoms with Crippen LogP contribution in [0.3, 0.4) is 0 Å². The maximum atomic E-state index is 12.4. The zero-order chi connectivity index (χ0) is 17.0. The largest absolute Gasteiger partial charge is 0.343 e. The van der Waals surface area contributed by atoms with Crippen molar-refractivity contribution in [3.63, 3.8) is 0 Å². The summed E-state index contributed by atoms with van der Waals surface area (Å²) in [5.74, 6) is -0.168. The van der Waals surface area contributed by atoms with E-state index in [0.717, 1.165) is 12.0 Å². The summed E-state index contributed by atoms with van der Waals surface area (Å²) >= 11 is 7.20. The molecule has 2 aromatic rings. The molecule has 2 rings (SSSR count). The summed E-state index contributed by atoms with van der Waals surface area (Å²) < 4.78 is 1.54. The maximum absolute atomic E-state index is 12.4. The van der Waals surface area contributed by atoms with Gasteiger partial charge in [0.15, 0.2) is 5.16 Å². The number of thioether (sulfide) groups is 1. The number of anilines is 1. The predicted molar refractivity (Wildman–Crippen MR) is 93.3 cm³/mol. The van der Waals surface area contributed by atoms with Gasteiger partial charge in [-0.25, -0.2) is 9.89 Å². The van der Waals surface area contributed by atoms with Gasteiger partial charge >= 0.3 is 5.69 Å². The SMILES string of the molecule is CCCn1c(S[C@H](C)C(=O)Nc2cc(Cl)ccc2C)n[nH]c1=O. The average molecular weight is 355 g/mol. The Morgan fingerprint density at radius 2 is 2.26 bits per heavy atom. The third-order valence-electron chi connectivity index (χ3n) is 3.28. The van der Waals surface area contributed by atoms with E-state index in [1.54, 1.807) is 23.6 Å². The van der Waals surface area contributed by atoms with Crippen LogP contribution in [0.5, 0.6) is 0 Å². The summed E-state index contributed by atoms with van der Waals surface area (Å²) in [6.07, 6.45) is 0.815. The number of nitrogens with one attached hydrogen (secondary N) is 2. The molecular formula is C15H19ClN4O2S. The number of nitrogens with zero attached hydrogens (tertiary/aromatic N) is 2. The third kappa shape index (κ3) is 4.39. The van der Waals surface area contributed by atoms with Crippen molar-refractivity contribution in [3.8, 4) is 0 Å². The molecule has 8 heteroatoms. The summed E-state index contributed by atoms with van der Waals surface area (Å²) in [5.41, 5.74) is 1.36. The highest BCUT2D eigenvalue weighted by atomic mass is 35.5. The first-order valence-corrected chi connectivity index (χ1v) is 8.57. The predicted octanol–water partition coefficient (Wildman–Crippen LogP) is 3.06. The Hall–Kier alpha value is -1.73. The molecule has 0 radical (unpaired) electrons. The van der Waals surface area contributed by atoms with Gasteiger partial charge in [0, 0.05) is 17.3 Å². The van der Waals surface area contributed by atoms with Crippen LogP contribution in [0, 0.1) is 6.92 Å². The zero-order valence-corrected chi connectivity index (χ0v) is 14.8. The fraction of sp³-hybridized carbons (Fsp3) is 0.400. The number of H-pyrrole nitrogens is 1. The van der Waals surface area contributed by atoms with Crippen LogP contribution < -0.4 is 11.0 Å². The minimum atomic E-state index is -0.404. The number of benzene rings is 1. The number of halogens is 1. The number of carbonyl (C=O) groups excluding carboxylic acids is 1. The lowest BCUT2D eigenvalue weighted by molar-refractivity contribution is -0.115. The quantitative estimate of drug-likeness (QED) is 0.781. The van der Waals surface area contributed by atoms with Crippen molar-refractivity contribution < 1.29 is 4.79 Å². The number of rotatable bonds is 6. The van der Waals surface area contributed by atoms with E-state index < -0.39 is 5.25 Å². The molecule has 6 nitrogen and oxygen atoms in total. The Morgan fingerprint density at radius 1 is 1.52 bits per heavy atom. The number of aromatic nitrogens is 3. The van der Waals surface area contributed by atoms with Crippen LogP contribution >= 0.6 is 23.4 Å². The Labute approximate surface area is 143 Å². The second kappa shape index (κ2) is 7.70. The molecule has 0 saturated carbocycles. The average Bonchev–Trinajstić information content (AvgIpc) is 2.84. The molecule has 0 aliphatic carbocycles. The van der Waals surface area contributed by atoms with Crippen LogP contribution in [-0.4, -0.2) is 25.9 Å². The standard InChI is InChI=1S/C15H19ClN4O2S/c1-4-7-20-14(22)18-19-15(20)23-10(3)13(21)17-12-8-11(16)6-5-9(12)2/h5-6,8,10H,4,7H2,1-3H3,(H,17,21)(H,18,22)/t10-/m1/s1. The van der Waals surface area contributed by atoms with Crippen LogP contribution in [0.1, 0.15) is 25.8 Å². The lowest BCUT2D eigenvalue weighted by Crippen LogP contribution is -2.24. The van der Waals surface area contributed by atoms with E-state index in [1.807, 2.05) is 19.9 Å². The molecule has 0 spiro atoms. The van der Waals surface area contributed by atoms with Gasteiger partial charge in [0.2, 0.25) is 5.91 Å². The molecule has 1 aromatic carbocycles. The summed E-state index contributed by atoms with van der Waals surface area (Å²) in [6, 6.07) is 5.34. The van der Waals surface area contributed by atoms with Gasteiger partial charge in [0.1, 0.15) is 0 Å². The molecule has 1 amide bonds. The van der Waals surface area contributed by atoms with Gasteiger partial charge in [-0.15, -0.1) is 5.10 Å². The second-order valence-electron chi connectivity index (χ2n) is 5.17. The maximum Gasteiger partial charge on any atom is 0.343 e. The zero-order valence-electron chi connectivity index (χ0n) is 13.2. The monoisotopic (exact) mass is 354 g/mol. The Morgan fingerprint density at radius 3 is 2.96 bits per heavy atom. The van der Waals surface area contributed by atoms with Crippen LogP contribution in [0.25, 0.3) is 0 Å². The first-order valence-electron chi connectivity index (χ1n) is 7.31. The number of hydrogen-bond acceptors (Lipinski definition) is 4. The van der Waals surface area contributed by atoms with Gasteiger partial charge in [-0.05, 0) is 38.0 Å². The number of amides is 1. The highest BCUT2D eigenvalue weighted by Crippen LogP contribution is 2.24. The van der Waals surface area contributed by atoms with E-state index in [9.17, 15) is 9.59 Å². The van der Waals surface area contributed by atoms with Gasteiger partial charge in [-0.1, -0.05) is 36.4 Å². The summed E-state index contributed by atoms with van der Waals surface area (Å²) in [4.78, 5) is 24.0. The Balaban J connectivity index is 2.08. The molecule has 1 heterocycles. The second-order valence-corrected chi connectivity index (χ2v) is 6.92. The van der Waals surface area contributed by atoms with Crippen LogP contribution in [-0.2, 0) is 11.3 Å². The molecule has 0 unspecified atom stereocenters. The summed E-state index contributed by atoms with van der Waals surface area (Å²) in [5, 5.41) is 9.94. The van der Waals surface area contributed by atoms with E-state index in [2.05, 4.69) is 15.5 Å². The summed E-state index contributed by atoms with van der Waals surface area (Å²) in [6.45, 7) is 6.22. The van der Waals surface area contributed by atoms with Crippen molar-refractivity contribution in [1.29, 1.82) is 0 Å². The number of aryl methyl sites for hydroxylation is 1. The summed E-state index contributed by atoms with van der Waals surface area (Å²) in [7, 11) is 0. The van der Waals surface area contributed by atoms with Crippen molar-refractivity contribution in [2.45, 2.75) is 44.1 Å². The smallest absolute Gasteiger partial charge is 0.325 e. The molecule has 0 aliphatic heterocycles. The molecule has 23 heavy (non-hydrogen) atoms. The molecule has 1 atom stereocenters. The number of hydrogen-bond donors (Lipinski definition) is 2. The first kappa shape index (κ1) is 17.6. The van der Waals surface area contributed by atoms with Gasteiger partial charge in [-0.3, -0.25) is 9.36 Å². The molecule has 0 aliphatic rings. The van der Waals surface area contributed by atoms with E-state index in [1.165, 1.54) is 11.8 Å². The van der Waals surface area contributed by atoms with Gasteiger partial charge in [-0.2, -0.15) is 0 Å². The molecule has 2 N–H and O–H groups in total. The number of aromatic amines is 1. The highest BCUT2D eigenvalue weighted by molar-refractivity contribution is 8.00. The molecule has 0 saturated heterocycles. The Bertz CT molecular complexity index is 756.